The number of aromatic nitrogens is 3. The van der Waals surface area contributed by atoms with E-state index in [1.165, 1.54) is 0 Å². The van der Waals surface area contributed by atoms with Gasteiger partial charge in [-0.25, -0.2) is 4.68 Å². The molecule has 1 N–H and O–H groups in total. The van der Waals surface area contributed by atoms with Gasteiger partial charge in [-0.05, 0) is 19.3 Å². The molecule has 0 bridgehead atoms. The van der Waals surface area contributed by atoms with Gasteiger partial charge in [-0.3, -0.25) is 0 Å². The van der Waals surface area contributed by atoms with E-state index in [9.17, 15) is 0 Å². The summed E-state index contributed by atoms with van der Waals surface area (Å²) >= 11 is 0. The zero-order valence-electron chi connectivity index (χ0n) is 11.3. The minimum absolute atomic E-state index is 0.293. The molecule has 2 unspecified atom stereocenters. The van der Waals surface area contributed by atoms with Crippen molar-refractivity contribution >= 4 is 5.95 Å². The van der Waals surface area contributed by atoms with Crippen LogP contribution in [0, 0.1) is 0 Å². The quantitative estimate of drug-likeness (QED) is 0.911. The summed E-state index contributed by atoms with van der Waals surface area (Å²) in [6.07, 6.45) is 3.63. The van der Waals surface area contributed by atoms with Crippen LogP contribution in [-0.4, -0.2) is 34.0 Å². The molecule has 5 heteroatoms. The monoisotopic (exact) mass is 270 g/mol. The summed E-state index contributed by atoms with van der Waals surface area (Å²) in [4.78, 5) is 4.63. The lowest BCUT2D eigenvalue weighted by molar-refractivity contribution is 0.0591. The molecule has 20 heavy (non-hydrogen) atoms. The van der Waals surface area contributed by atoms with E-state index in [4.69, 9.17) is 9.84 Å². The lowest BCUT2D eigenvalue weighted by Crippen LogP contribution is -2.32. The average Bonchev–Trinajstić information content (AvgIpc) is 3.17. The van der Waals surface area contributed by atoms with Gasteiger partial charge >= 0.3 is 0 Å². The molecule has 0 amide bonds. The second-order valence-corrected chi connectivity index (χ2v) is 5.40. The topological polar surface area (TPSA) is 52.0 Å². The fourth-order valence-corrected chi connectivity index (χ4v) is 3.09. The molecule has 0 radical (unpaired) electrons. The molecule has 2 aromatic rings. The van der Waals surface area contributed by atoms with Crippen molar-refractivity contribution in [2.24, 2.45) is 0 Å². The molecule has 1 fully saturated rings. The Bertz CT molecular complexity index is 589. The summed E-state index contributed by atoms with van der Waals surface area (Å²) in [6.45, 7) is 1.82. The van der Waals surface area contributed by atoms with Crippen LogP contribution in [0.4, 0.5) is 5.95 Å². The van der Waals surface area contributed by atoms with Gasteiger partial charge in [0.25, 0.3) is 0 Å². The lowest BCUT2D eigenvalue weighted by atomic mass is 10.0. The molecule has 2 aliphatic heterocycles. The second-order valence-electron chi connectivity index (χ2n) is 5.40. The molecule has 2 aliphatic rings. The van der Waals surface area contributed by atoms with Gasteiger partial charge in [0.2, 0.25) is 5.95 Å². The van der Waals surface area contributed by atoms with Crippen molar-refractivity contribution in [1.82, 2.24) is 14.8 Å². The zero-order chi connectivity index (χ0) is 13.4. The maximum Gasteiger partial charge on any atom is 0.222 e. The second kappa shape index (κ2) is 4.90. The first-order valence-electron chi connectivity index (χ1n) is 7.29. The predicted molar refractivity (Wildman–Crippen MR) is 76.6 cm³/mol. The number of nitrogens with one attached hydrogen (secondary N) is 1. The van der Waals surface area contributed by atoms with E-state index >= 15 is 0 Å². The average molecular weight is 270 g/mol. The van der Waals surface area contributed by atoms with Crippen molar-refractivity contribution in [3.8, 4) is 11.4 Å². The third-order valence-corrected chi connectivity index (χ3v) is 4.09. The van der Waals surface area contributed by atoms with Crippen LogP contribution in [-0.2, 0) is 4.74 Å². The van der Waals surface area contributed by atoms with Gasteiger partial charge in [0.05, 0.1) is 12.1 Å². The normalized spacial score (nSPS) is 25.2. The first-order chi connectivity index (χ1) is 9.92. The molecule has 0 spiro atoms. The Balaban J connectivity index is 1.70. The molecular weight excluding hydrogens is 252 g/mol. The Labute approximate surface area is 118 Å². The van der Waals surface area contributed by atoms with Crippen LogP contribution in [0.2, 0.25) is 0 Å². The number of rotatable bonds is 2. The lowest BCUT2D eigenvalue weighted by Gasteiger charge is -2.28. The number of hydrogen-bond acceptors (Lipinski definition) is 4. The molecule has 0 saturated carbocycles. The Morgan fingerprint density at radius 3 is 2.90 bits per heavy atom. The highest BCUT2D eigenvalue weighted by Gasteiger charge is 2.32. The largest absolute Gasteiger partial charge is 0.376 e. The van der Waals surface area contributed by atoms with Crippen LogP contribution < -0.4 is 5.32 Å². The van der Waals surface area contributed by atoms with Crippen LogP contribution in [0.25, 0.3) is 11.4 Å². The van der Waals surface area contributed by atoms with Gasteiger partial charge in [0.1, 0.15) is 0 Å². The molecule has 5 nitrogen and oxygen atoms in total. The van der Waals surface area contributed by atoms with Crippen molar-refractivity contribution in [1.29, 1.82) is 0 Å². The highest BCUT2D eigenvalue weighted by atomic mass is 16.5. The Morgan fingerprint density at radius 2 is 2.10 bits per heavy atom. The third-order valence-electron chi connectivity index (χ3n) is 4.09. The maximum atomic E-state index is 5.85. The van der Waals surface area contributed by atoms with E-state index in [1.807, 2.05) is 35.0 Å². The summed E-state index contributed by atoms with van der Waals surface area (Å²) < 4.78 is 7.88. The van der Waals surface area contributed by atoms with E-state index < -0.39 is 0 Å². The summed E-state index contributed by atoms with van der Waals surface area (Å²) in [5, 5.41) is 8.05. The SMILES string of the molecule is c1ccc(-c2nc3n(n2)C(C2CCCO2)CCN3)cc1. The van der Waals surface area contributed by atoms with Gasteiger partial charge in [-0.2, -0.15) is 4.98 Å². The van der Waals surface area contributed by atoms with Crippen LogP contribution in [0.15, 0.2) is 30.3 Å². The van der Waals surface area contributed by atoms with Gasteiger partial charge in [-0.15, -0.1) is 5.10 Å². The fourth-order valence-electron chi connectivity index (χ4n) is 3.09. The summed E-state index contributed by atoms with van der Waals surface area (Å²) in [7, 11) is 0. The maximum absolute atomic E-state index is 5.85. The van der Waals surface area contributed by atoms with E-state index in [0.717, 1.165) is 49.8 Å². The Kier molecular flexibility index (Phi) is 2.92. The molecule has 3 heterocycles. The molecule has 1 saturated heterocycles. The van der Waals surface area contributed by atoms with Crippen LogP contribution >= 0.6 is 0 Å². The van der Waals surface area contributed by atoms with E-state index in [0.29, 0.717) is 12.1 Å². The number of ether oxygens (including phenoxy) is 1. The van der Waals surface area contributed by atoms with Gasteiger partial charge in [0.15, 0.2) is 5.82 Å². The summed E-state index contributed by atoms with van der Waals surface area (Å²) in [6, 6.07) is 10.4. The highest BCUT2D eigenvalue weighted by molar-refractivity contribution is 5.56. The van der Waals surface area contributed by atoms with Crippen LogP contribution in [0.5, 0.6) is 0 Å². The summed E-state index contributed by atoms with van der Waals surface area (Å²) in [5.74, 6) is 1.66. The minimum atomic E-state index is 0.293. The van der Waals surface area contributed by atoms with Crippen molar-refractivity contribution in [2.75, 3.05) is 18.5 Å². The molecule has 1 aromatic heterocycles. The summed E-state index contributed by atoms with van der Waals surface area (Å²) in [5.41, 5.74) is 1.06. The van der Waals surface area contributed by atoms with Crippen LogP contribution in [0.3, 0.4) is 0 Å². The third kappa shape index (κ3) is 1.98. The first kappa shape index (κ1) is 11.9. The number of hydrogen-bond donors (Lipinski definition) is 1. The molecule has 104 valence electrons. The molecule has 0 aliphatic carbocycles. The number of benzene rings is 1. The standard InChI is InChI=1S/C15H18N4O/c1-2-5-11(6-3-1)14-17-15-16-9-8-12(19(15)18-14)13-7-4-10-20-13/h1-3,5-6,12-13H,4,7-10H2,(H,16,17,18). The van der Waals surface area contributed by atoms with Crippen molar-refractivity contribution in [3.05, 3.63) is 30.3 Å². The van der Waals surface area contributed by atoms with E-state index in [-0.39, 0.29) is 0 Å². The van der Waals surface area contributed by atoms with Crippen molar-refractivity contribution in [3.63, 3.8) is 0 Å². The zero-order valence-corrected chi connectivity index (χ0v) is 11.3. The molecule has 1 aromatic carbocycles. The molecule has 2 atom stereocenters. The molecule has 4 rings (SSSR count). The first-order valence-corrected chi connectivity index (χ1v) is 7.29. The fraction of sp³-hybridized carbons (Fsp3) is 0.467. The Hall–Kier alpha value is -1.88. The number of fused-ring (bicyclic) bond motifs is 1. The highest BCUT2D eigenvalue weighted by Crippen LogP contribution is 2.32. The Morgan fingerprint density at radius 1 is 1.20 bits per heavy atom. The molecular formula is C15H18N4O. The predicted octanol–water partition coefficient (Wildman–Crippen LogP) is 2.48. The smallest absolute Gasteiger partial charge is 0.222 e. The van der Waals surface area contributed by atoms with E-state index in [2.05, 4.69) is 10.3 Å². The van der Waals surface area contributed by atoms with E-state index in [1.54, 1.807) is 0 Å². The van der Waals surface area contributed by atoms with Gasteiger partial charge in [-0.1, -0.05) is 30.3 Å². The van der Waals surface area contributed by atoms with Gasteiger partial charge < -0.3 is 10.1 Å². The van der Waals surface area contributed by atoms with Crippen LogP contribution in [0.1, 0.15) is 25.3 Å². The van der Waals surface area contributed by atoms with Gasteiger partial charge in [0, 0.05) is 18.7 Å². The van der Waals surface area contributed by atoms with Crippen molar-refractivity contribution in [2.45, 2.75) is 31.4 Å². The number of anilines is 1. The van der Waals surface area contributed by atoms with Crippen molar-refractivity contribution < 1.29 is 4.74 Å². The number of nitrogens with zero attached hydrogens (tertiary/aromatic N) is 3. The minimum Gasteiger partial charge on any atom is -0.376 e.